The summed E-state index contributed by atoms with van der Waals surface area (Å²) in [5.74, 6) is 1.24. The van der Waals surface area contributed by atoms with Gasteiger partial charge in [0.25, 0.3) is 0 Å². The molecule has 1 aromatic carbocycles. The summed E-state index contributed by atoms with van der Waals surface area (Å²) in [7, 11) is 0. The third-order valence-corrected chi connectivity index (χ3v) is 4.37. The highest BCUT2D eigenvalue weighted by Crippen LogP contribution is 2.40. The maximum absolute atomic E-state index is 11.8. The van der Waals surface area contributed by atoms with Crippen molar-refractivity contribution in [2.24, 2.45) is 0 Å². The highest BCUT2D eigenvalue weighted by molar-refractivity contribution is 6.21. The Morgan fingerprint density at radius 3 is 1.55 bits per heavy atom. The van der Waals surface area contributed by atoms with Crippen LogP contribution in [0.4, 0.5) is 0 Å². The molecule has 0 atom stereocenters. The number of allylic oxidation sites excluding steroid dienone is 1. The molecule has 0 saturated heterocycles. The first kappa shape index (κ1) is 24.7. The van der Waals surface area contributed by atoms with E-state index in [0.29, 0.717) is 42.6 Å². The lowest BCUT2D eigenvalue weighted by Crippen LogP contribution is -2.08. The fourth-order valence-electron chi connectivity index (χ4n) is 2.63. The molecule has 0 N–H and O–H groups in total. The van der Waals surface area contributed by atoms with Gasteiger partial charge >= 0.3 is 0 Å². The number of ether oxygens (including phenoxy) is 3. The second-order valence-corrected chi connectivity index (χ2v) is 7.12. The van der Waals surface area contributed by atoms with Crippen LogP contribution in [-0.2, 0) is 9.59 Å². The van der Waals surface area contributed by atoms with Gasteiger partial charge in [-0.15, -0.1) is 0 Å². The minimum Gasteiger partial charge on any atom is -0.490 e. The van der Waals surface area contributed by atoms with Gasteiger partial charge in [-0.1, -0.05) is 40.0 Å². The third-order valence-electron chi connectivity index (χ3n) is 4.37. The number of unbranched alkanes of at least 4 members (excludes halogenated alkanes) is 3. The molecule has 0 aliphatic carbocycles. The van der Waals surface area contributed by atoms with Crippen molar-refractivity contribution < 1.29 is 23.8 Å². The predicted octanol–water partition coefficient (Wildman–Crippen LogP) is 5.78. The molecule has 0 aromatic heterocycles. The molecule has 0 aliphatic heterocycles. The smallest absolute Gasteiger partial charge is 0.203 e. The molecule has 0 heterocycles. The maximum Gasteiger partial charge on any atom is 0.203 e. The molecule has 0 saturated carbocycles. The number of carbonyl (C=O) groups excluding carboxylic acids is 2. The van der Waals surface area contributed by atoms with Gasteiger partial charge in [0, 0.05) is 0 Å². The van der Waals surface area contributed by atoms with E-state index in [4.69, 9.17) is 14.2 Å². The highest BCUT2D eigenvalue weighted by atomic mass is 16.5. The number of benzene rings is 1. The van der Waals surface area contributed by atoms with Crippen LogP contribution in [0.5, 0.6) is 17.2 Å². The van der Waals surface area contributed by atoms with Gasteiger partial charge in [-0.2, -0.15) is 0 Å². The number of carbonyl (C=O) groups is 2. The first-order valence-corrected chi connectivity index (χ1v) is 10.7. The molecule has 1 rings (SSSR count). The van der Waals surface area contributed by atoms with Crippen molar-refractivity contribution in [3.8, 4) is 17.2 Å². The molecule has 5 heteroatoms. The van der Waals surface area contributed by atoms with Crippen molar-refractivity contribution in [2.45, 2.75) is 73.1 Å². The van der Waals surface area contributed by atoms with Gasteiger partial charge in [-0.25, -0.2) is 0 Å². The average Bonchev–Trinajstić information content (AvgIpc) is 2.67. The SMILES string of the molecule is CCCCOc1cc(C=C(C(C)=O)C(C)=O)cc(OCCCC)c1OCCCC. The van der Waals surface area contributed by atoms with Gasteiger partial charge < -0.3 is 14.2 Å². The lowest BCUT2D eigenvalue weighted by atomic mass is 10.0. The number of hydrogen-bond donors (Lipinski definition) is 0. The monoisotopic (exact) mass is 404 g/mol. The predicted molar refractivity (Wildman–Crippen MR) is 117 cm³/mol. The molecule has 162 valence electrons. The van der Waals surface area contributed by atoms with Gasteiger partial charge in [0.15, 0.2) is 23.1 Å². The van der Waals surface area contributed by atoms with E-state index in [1.807, 2.05) is 12.1 Å². The Hall–Kier alpha value is -2.30. The van der Waals surface area contributed by atoms with Gasteiger partial charge in [-0.05, 0) is 56.9 Å². The largest absolute Gasteiger partial charge is 0.490 e. The molecule has 0 amide bonds. The summed E-state index contributed by atoms with van der Waals surface area (Å²) in [6.07, 6.45) is 7.44. The van der Waals surface area contributed by atoms with Crippen LogP contribution in [0, 0.1) is 0 Å². The molecule has 0 unspecified atom stereocenters. The van der Waals surface area contributed by atoms with E-state index in [1.165, 1.54) is 13.8 Å². The molecule has 0 fully saturated rings. The topological polar surface area (TPSA) is 61.8 Å². The number of ketones is 2. The van der Waals surface area contributed by atoms with E-state index in [1.54, 1.807) is 6.08 Å². The van der Waals surface area contributed by atoms with E-state index in [-0.39, 0.29) is 17.1 Å². The summed E-state index contributed by atoms with van der Waals surface area (Å²) in [6, 6.07) is 3.63. The van der Waals surface area contributed by atoms with Crippen LogP contribution >= 0.6 is 0 Å². The highest BCUT2D eigenvalue weighted by Gasteiger charge is 2.17. The first-order chi connectivity index (χ1) is 13.9. The van der Waals surface area contributed by atoms with E-state index in [9.17, 15) is 9.59 Å². The zero-order valence-corrected chi connectivity index (χ0v) is 18.6. The third kappa shape index (κ3) is 8.71. The Morgan fingerprint density at radius 2 is 1.17 bits per heavy atom. The summed E-state index contributed by atoms with van der Waals surface area (Å²) in [5.41, 5.74) is 0.843. The second-order valence-electron chi connectivity index (χ2n) is 7.12. The lowest BCUT2D eigenvalue weighted by molar-refractivity contribution is -0.119. The zero-order chi connectivity index (χ0) is 21.6. The van der Waals surface area contributed by atoms with Gasteiger partial charge in [0.05, 0.1) is 25.4 Å². The van der Waals surface area contributed by atoms with Gasteiger partial charge in [-0.3, -0.25) is 9.59 Å². The number of Topliss-reactive ketones (excluding diaryl/α,β-unsaturated/α-hetero) is 2. The summed E-state index contributed by atoms with van der Waals surface area (Å²) in [5, 5.41) is 0. The van der Waals surface area contributed by atoms with Crippen molar-refractivity contribution >= 4 is 17.6 Å². The zero-order valence-electron chi connectivity index (χ0n) is 18.6. The van der Waals surface area contributed by atoms with Crippen molar-refractivity contribution in [1.29, 1.82) is 0 Å². The van der Waals surface area contributed by atoms with E-state index >= 15 is 0 Å². The van der Waals surface area contributed by atoms with E-state index in [2.05, 4.69) is 20.8 Å². The van der Waals surface area contributed by atoms with Crippen LogP contribution in [0.2, 0.25) is 0 Å². The maximum atomic E-state index is 11.8. The molecule has 29 heavy (non-hydrogen) atoms. The van der Waals surface area contributed by atoms with Gasteiger partial charge in [0.1, 0.15) is 0 Å². The van der Waals surface area contributed by atoms with E-state index < -0.39 is 0 Å². The van der Waals surface area contributed by atoms with Crippen LogP contribution in [0.15, 0.2) is 17.7 Å². The summed E-state index contributed by atoms with van der Waals surface area (Å²) in [6.45, 7) is 10.8. The Morgan fingerprint density at radius 1 is 0.759 bits per heavy atom. The standard InChI is InChI=1S/C24H36O5/c1-6-9-12-27-22-16-20(15-21(18(4)25)19(5)26)17-23(28-13-10-7-2)24(22)29-14-11-8-3/h15-17H,6-14H2,1-5H3. The second kappa shape index (κ2) is 13.8. The Balaban J connectivity index is 3.39. The van der Waals surface area contributed by atoms with Crippen LogP contribution in [0.1, 0.15) is 78.7 Å². The summed E-state index contributed by atoms with van der Waals surface area (Å²) < 4.78 is 18.0. The molecule has 1 aromatic rings. The Kier molecular flexibility index (Phi) is 11.8. The van der Waals surface area contributed by atoms with Crippen LogP contribution < -0.4 is 14.2 Å². The van der Waals surface area contributed by atoms with Crippen molar-refractivity contribution in [3.63, 3.8) is 0 Å². The molecule has 0 radical (unpaired) electrons. The van der Waals surface area contributed by atoms with Gasteiger partial charge in [0.2, 0.25) is 5.75 Å². The van der Waals surface area contributed by atoms with Crippen LogP contribution in [-0.4, -0.2) is 31.4 Å². The quantitative estimate of drug-likeness (QED) is 0.160. The minimum absolute atomic E-state index is 0.156. The van der Waals surface area contributed by atoms with Crippen molar-refractivity contribution in [2.75, 3.05) is 19.8 Å². The minimum atomic E-state index is -0.261. The van der Waals surface area contributed by atoms with Crippen molar-refractivity contribution in [1.82, 2.24) is 0 Å². The summed E-state index contributed by atoms with van der Waals surface area (Å²) >= 11 is 0. The summed E-state index contributed by atoms with van der Waals surface area (Å²) in [4.78, 5) is 23.7. The Bertz CT molecular complexity index is 644. The van der Waals surface area contributed by atoms with Crippen molar-refractivity contribution in [3.05, 3.63) is 23.3 Å². The van der Waals surface area contributed by atoms with E-state index in [0.717, 1.165) is 38.5 Å². The average molecular weight is 405 g/mol. The lowest BCUT2D eigenvalue weighted by Gasteiger charge is -2.18. The fourth-order valence-corrected chi connectivity index (χ4v) is 2.63. The molecule has 0 aliphatic rings. The molecular weight excluding hydrogens is 368 g/mol. The normalized spacial score (nSPS) is 10.4. The number of hydrogen-bond acceptors (Lipinski definition) is 5. The Labute approximate surface area is 175 Å². The molecule has 0 spiro atoms. The van der Waals surface area contributed by atoms with Crippen LogP contribution in [0.3, 0.4) is 0 Å². The fraction of sp³-hybridized carbons (Fsp3) is 0.583. The number of rotatable bonds is 15. The van der Waals surface area contributed by atoms with Crippen LogP contribution in [0.25, 0.3) is 6.08 Å². The first-order valence-electron chi connectivity index (χ1n) is 10.7. The molecule has 0 bridgehead atoms. The molecular formula is C24H36O5. The molecule has 5 nitrogen and oxygen atoms in total.